The highest BCUT2D eigenvalue weighted by Crippen LogP contribution is 2.30. The van der Waals surface area contributed by atoms with Gasteiger partial charge >= 0.3 is 0 Å². The van der Waals surface area contributed by atoms with E-state index in [2.05, 4.69) is 40.1 Å². The van der Waals surface area contributed by atoms with Gasteiger partial charge in [-0.15, -0.1) is 0 Å². The van der Waals surface area contributed by atoms with Crippen LogP contribution in [0.15, 0.2) is 84.0 Å². The first-order chi connectivity index (χ1) is 18.1. The summed E-state index contributed by atoms with van der Waals surface area (Å²) in [5.41, 5.74) is 6.51. The number of rotatable bonds is 8. The summed E-state index contributed by atoms with van der Waals surface area (Å²) in [5, 5.41) is 19.4. The van der Waals surface area contributed by atoms with Crippen LogP contribution in [0.1, 0.15) is 48.8 Å². The van der Waals surface area contributed by atoms with Crippen molar-refractivity contribution < 1.29 is 17.5 Å². The highest BCUT2D eigenvalue weighted by Gasteiger charge is 2.18. The van der Waals surface area contributed by atoms with Crippen molar-refractivity contribution >= 4 is 34.5 Å². The lowest BCUT2D eigenvalue weighted by Crippen LogP contribution is -2.28. The Bertz CT molecular complexity index is 1460. The minimum absolute atomic E-state index is 0. The lowest BCUT2D eigenvalue weighted by Gasteiger charge is -2.26. The second-order valence-electron chi connectivity index (χ2n) is 9.01. The van der Waals surface area contributed by atoms with E-state index in [0.717, 1.165) is 41.5 Å². The highest BCUT2D eigenvalue weighted by atomic mass is 35.5. The van der Waals surface area contributed by atoms with Gasteiger partial charge in [0.25, 0.3) is 5.91 Å². The smallest absolute Gasteiger partial charge is 0.271 e. The number of phenolic OH excluding ortho intramolecular Hbond substituents is 1. The number of amides is 1. The van der Waals surface area contributed by atoms with Crippen LogP contribution in [-0.2, 0) is 6.42 Å². The quantitative estimate of drug-likeness (QED) is 0.141. The Balaban J connectivity index is 0.00000210. The van der Waals surface area contributed by atoms with Gasteiger partial charge in [0.2, 0.25) is 0 Å². The van der Waals surface area contributed by atoms with E-state index >= 15 is 0 Å². The SMILES string of the molecule is O=C(N/N=C/c1ccc(OCCNC2CCCc3ccccc32)c2ccccc12)c1ccc(O)c(Cl)c1.[HH].[HH]. The molecule has 0 saturated heterocycles. The fraction of sp³-hybridized carbons (Fsp3) is 0.200. The molecule has 192 valence electrons. The first kappa shape index (κ1) is 24.8. The summed E-state index contributed by atoms with van der Waals surface area (Å²) < 4.78 is 6.17. The third-order valence-electron chi connectivity index (χ3n) is 6.62. The number of hydrogen-bond acceptors (Lipinski definition) is 5. The summed E-state index contributed by atoms with van der Waals surface area (Å²) in [6.07, 6.45) is 5.10. The molecule has 1 amide bonds. The minimum atomic E-state index is -0.421. The fourth-order valence-electron chi connectivity index (χ4n) is 4.77. The molecule has 4 aromatic carbocycles. The Morgan fingerprint density at radius 3 is 2.76 bits per heavy atom. The van der Waals surface area contributed by atoms with Crippen LogP contribution in [0.25, 0.3) is 10.8 Å². The number of carbonyl (C=O) groups is 1. The van der Waals surface area contributed by atoms with Gasteiger partial charge in [0.05, 0.1) is 11.2 Å². The third kappa shape index (κ3) is 5.77. The number of carbonyl (C=O) groups excluding carboxylic acids is 1. The molecule has 1 atom stereocenters. The van der Waals surface area contributed by atoms with Crippen LogP contribution < -0.4 is 15.5 Å². The molecule has 3 N–H and O–H groups in total. The Morgan fingerprint density at radius 1 is 1.08 bits per heavy atom. The summed E-state index contributed by atoms with van der Waals surface area (Å²) >= 11 is 5.89. The predicted molar refractivity (Wildman–Crippen MR) is 152 cm³/mol. The molecule has 0 spiro atoms. The zero-order chi connectivity index (χ0) is 25.6. The molecular formula is C30H32ClN3O3. The number of nitrogens with one attached hydrogen (secondary N) is 2. The Labute approximate surface area is 223 Å². The average Bonchev–Trinajstić information content (AvgIpc) is 2.93. The van der Waals surface area contributed by atoms with Crippen molar-refractivity contribution in [2.24, 2.45) is 5.10 Å². The van der Waals surface area contributed by atoms with Crippen LogP contribution in [0.5, 0.6) is 11.5 Å². The second-order valence-corrected chi connectivity index (χ2v) is 9.42. The van der Waals surface area contributed by atoms with Gasteiger partial charge in [-0.05, 0) is 66.1 Å². The maximum absolute atomic E-state index is 12.4. The lowest BCUT2D eigenvalue weighted by molar-refractivity contribution is 0.0955. The number of halogens is 1. The number of ether oxygens (including phenoxy) is 1. The van der Waals surface area contributed by atoms with E-state index in [-0.39, 0.29) is 13.6 Å². The number of aryl methyl sites for hydroxylation is 1. The van der Waals surface area contributed by atoms with Gasteiger partial charge in [0.15, 0.2) is 0 Å². The van der Waals surface area contributed by atoms with Gasteiger partial charge in [-0.2, -0.15) is 5.10 Å². The molecule has 1 aliphatic carbocycles. The predicted octanol–water partition coefficient (Wildman–Crippen LogP) is 6.50. The second kappa shape index (κ2) is 11.5. The van der Waals surface area contributed by atoms with E-state index in [1.807, 2.05) is 36.4 Å². The number of aromatic hydroxyl groups is 1. The monoisotopic (exact) mass is 517 g/mol. The van der Waals surface area contributed by atoms with E-state index in [1.165, 1.54) is 35.7 Å². The molecule has 0 aromatic heterocycles. The molecular weight excluding hydrogens is 486 g/mol. The van der Waals surface area contributed by atoms with Gasteiger partial charge in [-0.3, -0.25) is 4.79 Å². The van der Waals surface area contributed by atoms with Gasteiger partial charge in [0, 0.05) is 32.0 Å². The molecule has 7 heteroatoms. The number of hydrogen-bond donors (Lipinski definition) is 3. The maximum Gasteiger partial charge on any atom is 0.271 e. The molecule has 1 unspecified atom stereocenters. The van der Waals surface area contributed by atoms with Crippen molar-refractivity contribution in [3.05, 3.63) is 106 Å². The summed E-state index contributed by atoms with van der Waals surface area (Å²) in [4.78, 5) is 12.4. The van der Waals surface area contributed by atoms with Crippen molar-refractivity contribution in [3.63, 3.8) is 0 Å². The number of nitrogens with zero attached hydrogens (tertiary/aromatic N) is 1. The lowest BCUT2D eigenvalue weighted by atomic mass is 9.88. The molecule has 37 heavy (non-hydrogen) atoms. The van der Waals surface area contributed by atoms with E-state index < -0.39 is 5.91 Å². The maximum atomic E-state index is 12.4. The van der Waals surface area contributed by atoms with Crippen molar-refractivity contribution in [1.82, 2.24) is 10.7 Å². The van der Waals surface area contributed by atoms with Gasteiger partial charge in [0.1, 0.15) is 18.1 Å². The summed E-state index contributed by atoms with van der Waals surface area (Å²) in [5.74, 6) is 0.308. The molecule has 0 bridgehead atoms. The topological polar surface area (TPSA) is 83.0 Å². The van der Waals surface area contributed by atoms with Gasteiger partial charge in [-0.25, -0.2) is 5.43 Å². The van der Waals surface area contributed by atoms with E-state index in [4.69, 9.17) is 16.3 Å². The largest absolute Gasteiger partial charge is 0.506 e. The molecule has 6 nitrogen and oxygen atoms in total. The standard InChI is InChI=1S/C30H28ClN3O3.2H2/c31-26-18-21(12-14-28(26)35)30(36)34-33-19-22-13-15-29(25-10-4-3-8-23(22)25)37-17-16-32-27-11-5-7-20-6-1-2-9-24(20)27;;/h1-4,6,8-10,12-15,18-19,27,32,35H,5,7,11,16-17H2,(H,34,36);2*1H/b33-19+;;. The Kier molecular flexibility index (Phi) is 7.68. The normalized spacial score (nSPS) is 15.0. The molecule has 0 aliphatic heterocycles. The minimum Gasteiger partial charge on any atom is -0.506 e. The van der Waals surface area contributed by atoms with E-state index in [1.54, 1.807) is 6.21 Å². The number of phenols is 1. The Morgan fingerprint density at radius 2 is 1.89 bits per heavy atom. The molecule has 0 fully saturated rings. The first-order valence-electron chi connectivity index (χ1n) is 12.4. The number of hydrazone groups is 1. The van der Waals surface area contributed by atoms with Crippen molar-refractivity contribution in [2.45, 2.75) is 25.3 Å². The molecule has 4 aromatic rings. The van der Waals surface area contributed by atoms with Crippen molar-refractivity contribution in [3.8, 4) is 11.5 Å². The van der Waals surface area contributed by atoms with Crippen molar-refractivity contribution in [1.29, 1.82) is 0 Å². The van der Waals surface area contributed by atoms with Crippen molar-refractivity contribution in [2.75, 3.05) is 13.2 Å². The van der Waals surface area contributed by atoms with E-state index in [9.17, 15) is 9.90 Å². The molecule has 0 saturated carbocycles. The van der Waals surface area contributed by atoms with Crippen LogP contribution in [0.3, 0.4) is 0 Å². The van der Waals surface area contributed by atoms with Crippen LogP contribution in [0.2, 0.25) is 5.02 Å². The number of fused-ring (bicyclic) bond motifs is 2. The zero-order valence-electron chi connectivity index (χ0n) is 20.3. The highest BCUT2D eigenvalue weighted by molar-refractivity contribution is 6.32. The number of benzene rings is 4. The van der Waals surface area contributed by atoms with Crippen LogP contribution in [0.4, 0.5) is 0 Å². The summed E-state index contributed by atoms with van der Waals surface area (Å²) in [6, 6.07) is 25.1. The van der Waals surface area contributed by atoms with E-state index in [0.29, 0.717) is 18.2 Å². The summed E-state index contributed by atoms with van der Waals surface area (Å²) in [6.45, 7) is 1.31. The third-order valence-corrected chi connectivity index (χ3v) is 6.92. The molecule has 0 heterocycles. The van der Waals surface area contributed by atoms with Gasteiger partial charge in [-0.1, -0.05) is 60.1 Å². The summed E-state index contributed by atoms with van der Waals surface area (Å²) in [7, 11) is 0. The molecule has 0 radical (unpaired) electrons. The van der Waals surface area contributed by atoms with Crippen LogP contribution in [0, 0.1) is 0 Å². The Hall–Kier alpha value is -3.87. The molecule has 5 rings (SSSR count). The van der Waals surface area contributed by atoms with Crippen LogP contribution in [-0.4, -0.2) is 30.4 Å². The zero-order valence-corrected chi connectivity index (χ0v) is 21.0. The molecule has 1 aliphatic rings. The average molecular weight is 518 g/mol. The van der Waals surface area contributed by atoms with Crippen LogP contribution >= 0.6 is 11.6 Å². The van der Waals surface area contributed by atoms with Gasteiger partial charge < -0.3 is 15.2 Å². The fourth-order valence-corrected chi connectivity index (χ4v) is 4.95. The first-order valence-corrected chi connectivity index (χ1v) is 12.8.